The van der Waals surface area contributed by atoms with Crippen LogP contribution in [0.15, 0.2) is 45.8 Å². The third kappa shape index (κ3) is 4.76. The maximum atomic E-state index is 12.4. The molecule has 112 valence electrons. The maximum Gasteiger partial charge on any atom is 0.387 e. The van der Waals surface area contributed by atoms with Gasteiger partial charge in [-0.15, -0.1) is 11.8 Å². The predicted octanol–water partition coefficient (Wildman–Crippen LogP) is 5.58. The van der Waals surface area contributed by atoms with E-state index in [4.69, 9.17) is 17.3 Å². The number of hydrogen-bond donors (Lipinski definition) is 1. The molecular weight excluding hydrogens is 384 g/mol. The Kier molecular flexibility index (Phi) is 5.72. The Bertz CT molecular complexity index is 642. The first-order valence-corrected chi connectivity index (χ1v) is 8.02. The van der Waals surface area contributed by atoms with Crippen LogP contribution in [0.2, 0.25) is 5.02 Å². The van der Waals surface area contributed by atoms with E-state index in [1.807, 2.05) is 6.07 Å². The van der Waals surface area contributed by atoms with Gasteiger partial charge in [0.25, 0.3) is 0 Å². The van der Waals surface area contributed by atoms with E-state index in [1.54, 1.807) is 18.2 Å². The van der Waals surface area contributed by atoms with E-state index in [2.05, 4.69) is 20.7 Å². The Balaban J connectivity index is 2.16. The molecule has 2 rings (SSSR count). The first kappa shape index (κ1) is 16.4. The van der Waals surface area contributed by atoms with E-state index in [1.165, 1.54) is 23.9 Å². The molecule has 0 fully saturated rings. The summed E-state index contributed by atoms with van der Waals surface area (Å²) in [4.78, 5) is 0.951. The molecule has 0 atom stereocenters. The van der Waals surface area contributed by atoms with Gasteiger partial charge < -0.3 is 10.5 Å². The summed E-state index contributed by atoms with van der Waals surface area (Å²) in [5.74, 6) is 0.582. The van der Waals surface area contributed by atoms with Crippen molar-refractivity contribution in [3.05, 3.63) is 51.5 Å². The van der Waals surface area contributed by atoms with E-state index < -0.39 is 6.61 Å². The maximum absolute atomic E-state index is 12.4. The monoisotopic (exact) mass is 393 g/mol. The van der Waals surface area contributed by atoms with E-state index in [0.29, 0.717) is 22.0 Å². The number of anilines is 1. The fourth-order valence-electron chi connectivity index (χ4n) is 1.66. The number of rotatable bonds is 5. The van der Waals surface area contributed by atoms with Gasteiger partial charge in [-0.05, 0) is 52.3 Å². The van der Waals surface area contributed by atoms with Crippen molar-refractivity contribution in [2.75, 3.05) is 5.73 Å². The zero-order valence-corrected chi connectivity index (χ0v) is 13.8. The summed E-state index contributed by atoms with van der Waals surface area (Å²) < 4.78 is 30.1. The second-order valence-electron chi connectivity index (χ2n) is 4.11. The smallest absolute Gasteiger partial charge is 0.387 e. The summed E-state index contributed by atoms with van der Waals surface area (Å²) >= 11 is 10.8. The molecule has 0 aromatic heterocycles. The molecular formula is C14H11BrClF2NOS. The van der Waals surface area contributed by atoms with E-state index >= 15 is 0 Å². The zero-order chi connectivity index (χ0) is 15.4. The highest BCUT2D eigenvalue weighted by Crippen LogP contribution is 2.35. The first-order chi connectivity index (χ1) is 9.95. The second kappa shape index (κ2) is 7.33. The standard InChI is InChI=1S/C14H11BrClF2NOS/c15-11-6-10(19)2-4-13(11)21-7-8-5-9(16)1-3-12(8)20-14(17)18/h1-6,14H,7,19H2. The molecule has 7 heteroatoms. The lowest BCUT2D eigenvalue weighted by Gasteiger charge is -2.11. The van der Waals surface area contributed by atoms with Gasteiger partial charge in [0.15, 0.2) is 0 Å². The molecule has 2 aromatic carbocycles. The van der Waals surface area contributed by atoms with Gasteiger partial charge in [-0.25, -0.2) is 0 Å². The molecule has 2 aromatic rings. The van der Waals surface area contributed by atoms with Crippen molar-refractivity contribution < 1.29 is 13.5 Å². The summed E-state index contributed by atoms with van der Waals surface area (Å²) in [5.41, 5.74) is 6.93. The highest BCUT2D eigenvalue weighted by atomic mass is 79.9. The van der Waals surface area contributed by atoms with Crippen molar-refractivity contribution in [2.24, 2.45) is 0 Å². The fourth-order valence-corrected chi connectivity index (χ4v) is 3.49. The van der Waals surface area contributed by atoms with Crippen LogP contribution in [0, 0.1) is 0 Å². The van der Waals surface area contributed by atoms with Crippen molar-refractivity contribution >= 4 is 45.0 Å². The lowest BCUT2D eigenvalue weighted by Crippen LogP contribution is -2.04. The van der Waals surface area contributed by atoms with Crippen LogP contribution in [0.5, 0.6) is 5.75 Å². The molecule has 0 amide bonds. The topological polar surface area (TPSA) is 35.2 Å². The quantitative estimate of drug-likeness (QED) is 0.531. The highest BCUT2D eigenvalue weighted by Gasteiger charge is 2.11. The third-order valence-corrected chi connectivity index (χ3v) is 4.85. The van der Waals surface area contributed by atoms with Crippen molar-refractivity contribution in [2.45, 2.75) is 17.3 Å². The molecule has 0 heterocycles. The summed E-state index contributed by atoms with van der Waals surface area (Å²) in [6, 6.07) is 10.0. The number of halogens is 4. The van der Waals surface area contributed by atoms with Crippen LogP contribution in [0.25, 0.3) is 0 Å². The van der Waals surface area contributed by atoms with E-state index in [0.717, 1.165) is 9.37 Å². The average molecular weight is 395 g/mol. The zero-order valence-electron chi connectivity index (χ0n) is 10.7. The number of hydrogen-bond acceptors (Lipinski definition) is 3. The van der Waals surface area contributed by atoms with Gasteiger partial charge in [-0.1, -0.05) is 11.6 Å². The van der Waals surface area contributed by atoms with Gasteiger partial charge in [0.05, 0.1) is 0 Å². The lowest BCUT2D eigenvalue weighted by atomic mass is 10.2. The minimum atomic E-state index is -2.86. The number of ether oxygens (including phenoxy) is 1. The van der Waals surface area contributed by atoms with Gasteiger partial charge in [-0.3, -0.25) is 0 Å². The normalized spacial score (nSPS) is 10.9. The SMILES string of the molecule is Nc1ccc(SCc2cc(Cl)ccc2OC(F)F)c(Br)c1. The largest absolute Gasteiger partial charge is 0.435 e. The Hall–Kier alpha value is -0.980. The minimum Gasteiger partial charge on any atom is -0.435 e. The van der Waals surface area contributed by atoms with Gasteiger partial charge in [0, 0.05) is 31.4 Å². The van der Waals surface area contributed by atoms with Crippen LogP contribution in [0.4, 0.5) is 14.5 Å². The van der Waals surface area contributed by atoms with Crippen LogP contribution in [-0.2, 0) is 5.75 Å². The molecule has 0 saturated heterocycles. The molecule has 0 aliphatic carbocycles. The summed E-state index contributed by atoms with van der Waals surface area (Å²) in [6.45, 7) is -2.86. The van der Waals surface area contributed by atoms with E-state index in [9.17, 15) is 8.78 Å². The van der Waals surface area contributed by atoms with Crippen LogP contribution in [-0.4, -0.2) is 6.61 Å². The summed E-state index contributed by atoms with van der Waals surface area (Å²) in [6.07, 6.45) is 0. The van der Waals surface area contributed by atoms with Crippen molar-refractivity contribution in [3.8, 4) is 5.75 Å². The van der Waals surface area contributed by atoms with Crippen LogP contribution < -0.4 is 10.5 Å². The second-order valence-corrected chi connectivity index (χ2v) is 6.42. The van der Waals surface area contributed by atoms with Gasteiger partial charge in [-0.2, -0.15) is 8.78 Å². The van der Waals surface area contributed by atoms with Crippen LogP contribution >= 0.6 is 39.3 Å². The summed E-state index contributed by atoms with van der Waals surface area (Å²) in [5, 5.41) is 0.476. The van der Waals surface area contributed by atoms with Crippen molar-refractivity contribution in [3.63, 3.8) is 0 Å². The molecule has 0 radical (unpaired) electrons. The molecule has 0 saturated carbocycles. The number of thioether (sulfide) groups is 1. The van der Waals surface area contributed by atoms with Gasteiger partial charge >= 0.3 is 6.61 Å². The fraction of sp³-hybridized carbons (Fsp3) is 0.143. The molecule has 0 spiro atoms. The molecule has 0 aliphatic heterocycles. The molecule has 2 N–H and O–H groups in total. The van der Waals surface area contributed by atoms with Crippen LogP contribution in [0.3, 0.4) is 0 Å². The Morgan fingerprint density at radius 1 is 1.24 bits per heavy atom. The Labute approximate surface area is 138 Å². The van der Waals surface area contributed by atoms with Crippen molar-refractivity contribution in [1.82, 2.24) is 0 Å². The molecule has 0 bridgehead atoms. The van der Waals surface area contributed by atoms with Crippen LogP contribution in [0.1, 0.15) is 5.56 Å². The number of alkyl halides is 2. The van der Waals surface area contributed by atoms with Crippen molar-refractivity contribution in [1.29, 1.82) is 0 Å². The molecule has 21 heavy (non-hydrogen) atoms. The Morgan fingerprint density at radius 2 is 2.00 bits per heavy atom. The average Bonchev–Trinajstić information content (AvgIpc) is 2.40. The predicted molar refractivity (Wildman–Crippen MR) is 86.2 cm³/mol. The lowest BCUT2D eigenvalue weighted by molar-refractivity contribution is -0.0503. The first-order valence-electron chi connectivity index (χ1n) is 5.87. The van der Waals surface area contributed by atoms with Gasteiger partial charge in [0.2, 0.25) is 0 Å². The Morgan fingerprint density at radius 3 is 2.67 bits per heavy atom. The summed E-state index contributed by atoms with van der Waals surface area (Å²) in [7, 11) is 0. The molecule has 0 aliphatic rings. The number of benzene rings is 2. The number of nitrogen functional groups attached to an aromatic ring is 1. The molecule has 0 unspecified atom stereocenters. The van der Waals surface area contributed by atoms with E-state index in [-0.39, 0.29) is 5.75 Å². The van der Waals surface area contributed by atoms with Gasteiger partial charge in [0.1, 0.15) is 5.75 Å². The third-order valence-electron chi connectivity index (χ3n) is 2.58. The highest BCUT2D eigenvalue weighted by molar-refractivity contribution is 9.10. The minimum absolute atomic E-state index is 0.133. The number of nitrogens with two attached hydrogens (primary N) is 1. The molecule has 2 nitrogen and oxygen atoms in total.